The van der Waals surface area contributed by atoms with E-state index < -0.39 is 0 Å². The Morgan fingerprint density at radius 3 is 2.67 bits per heavy atom. The van der Waals surface area contributed by atoms with Crippen LogP contribution in [0.2, 0.25) is 0 Å². The minimum atomic E-state index is -0.226. The lowest BCUT2D eigenvalue weighted by Gasteiger charge is -2.28. The van der Waals surface area contributed by atoms with Gasteiger partial charge in [0.25, 0.3) is 0 Å². The zero-order chi connectivity index (χ0) is 10.7. The van der Waals surface area contributed by atoms with Gasteiger partial charge in [0.1, 0.15) is 6.10 Å². The van der Waals surface area contributed by atoms with Gasteiger partial charge in [0, 0.05) is 12.6 Å². The van der Waals surface area contributed by atoms with Crippen LogP contribution < -0.4 is 5.32 Å². The molecular formula is C11H18ClNO2. The molecule has 4 heteroatoms. The number of amides is 1. The molecule has 0 aromatic rings. The average molecular weight is 232 g/mol. The summed E-state index contributed by atoms with van der Waals surface area (Å²) in [7, 11) is 0. The molecular weight excluding hydrogens is 214 g/mol. The van der Waals surface area contributed by atoms with Crippen LogP contribution in [0, 0.1) is 0 Å². The molecule has 3 unspecified atom stereocenters. The highest BCUT2D eigenvalue weighted by molar-refractivity contribution is 6.21. The van der Waals surface area contributed by atoms with E-state index in [0.717, 1.165) is 25.7 Å². The van der Waals surface area contributed by atoms with E-state index in [4.69, 9.17) is 16.3 Å². The maximum absolute atomic E-state index is 11.8. The molecule has 0 aromatic heterocycles. The fraction of sp³-hybridized carbons (Fsp3) is 0.909. The lowest BCUT2D eigenvalue weighted by molar-refractivity contribution is -0.130. The Bertz CT molecular complexity index is 229. The molecule has 1 N–H and O–H groups in total. The second-order valence-corrected chi connectivity index (χ2v) is 4.98. The lowest BCUT2D eigenvalue weighted by atomic mass is 9.94. The third kappa shape index (κ3) is 2.85. The summed E-state index contributed by atoms with van der Waals surface area (Å²) in [5.74, 6) is 0.0325. The highest BCUT2D eigenvalue weighted by Crippen LogP contribution is 2.23. The first kappa shape index (κ1) is 11.2. The molecule has 3 nitrogen and oxygen atoms in total. The molecule has 0 spiro atoms. The molecule has 15 heavy (non-hydrogen) atoms. The first-order valence-corrected chi connectivity index (χ1v) is 6.27. The molecule has 0 bridgehead atoms. The van der Waals surface area contributed by atoms with Gasteiger partial charge in [0.05, 0.1) is 5.38 Å². The van der Waals surface area contributed by atoms with Crippen LogP contribution in [0.15, 0.2) is 0 Å². The Morgan fingerprint density at radius 1 is 1.20 bits per heavy atom. The predicted molar refractivity (Wildman–Crippen MR) is 59.0 cm³/mol. The van der Waals surface area contributed by atoms with Crippen molar-refractivity contribution in [1.29, 1.82) is 0 Å². The van der Waals surface area contributed by atoms with E-state index in [0.29, 0.717) is 6.61 Å². The van der Waals surface area contributed by atoms with Crippen molar-refractivity contribution in [3.05, 3.63) is 0 Å². The number of hydrogen-bond donors (Lipinski definition) is 1. The molecule has 1 aliphatic carbocycles. The van der Waals surface area contributed by atoms with Crippen LogP contribution in [-0.4, -0.2) is 30.0 Å². The molecule has 1 saturated carbocycles. The SMILES string of the molecule is O=C(NC1CCCCC1Cl)C1CCCO1. The fourth-order valence-electron chi connectivity index (χ4n) is 2.31. The van der Waals surface area contributed by atoms with E-state index in [1.165, 1.54) is 12.8 Å². The molecule has 0 aromatic carbocycles. The van der Waals surface area contributed by atoms with Gasteiger partial charge in [0.15, 0.2) is 0 Å². The summed E-state index contributed by atoms with van der Waals surface area (Å²) in [6.07, 6.45) is 5.99. The number of hydrogen-bond acceptors (Lipinski definition) is 2. The molecule has 1 amide bonds. The smallest absolute Gasteiger partial charge is 0.249 e. The number of carbonyl (C=O) groups is 1. The summed E-state index contributed by atoms with van der Waals surface area (Å²) in [4.78, 5) is 11.8. The zero-order valence-corrected chi connectivity index (χ0v) is 9.63. The van der Waals surface area contributed by atoms with E-state index >= 15 is 0 Å². The first-order chi connectivity index (χ1) is 7.27. The van der Waals surface area contributed by atoms with Crippen LogP contribution >= 0.6 is 11.6 Å². The second-order valence-electron chi connectivity index (χ2n) is 4.42. The maximum Gasteiger partial charge on any atom is 0.249 e. The van der Waals surface area contributed by atoms with Crippen LogP contribution in [0.4, 0.5) is 0 Å². The Hall–Kier alpha value is -0.280. The molecule has 2 fully saturated rings. The predicted octanol–water partition coefficient (Wildman–Crippen LogP) is 1.83. The lowest BCUT2D eigenvalue weighted by Crippen LogP contribution is -2.46. The van der Waals surface area contributed by atoms with Gasteiger partial charge in [-0.3, -0.25) is 4.79 Å². The number of rotatable bonds is 2. The second kappa shape index (κ2) is 5.17. The molecule has 2 rings (SSSR count). The largest absolute Gasteiger partial charge is 0.368 e. The van der Waals surface area contributed by atoms with E-state index in [1.807, 2.05) is 0 Å². The van der Waals surface area contributed by atoms with Gasteiger partial charge in [-0.1, -0.05) is 12.8 Å². The summed E-state index contributed by atoms with van der Waals surface area (Å²) in [5.41, 5.74) is 0. The van der Waals surface area contributed by atoms with Gasteiger partial charge in [-0.2, -0.15) is 0 Å². The number of halogens is 1. The van der Waals surface area contributed by atoms with Crippen molar-refractivity contribution in [3.63, 3.8) is 0 Å². The number of carbonyl (C=O) groups excluding carboxylic acids is 1. The van der Waals surface area contributed by atoms with Crippen molar-refractivity contribution in [1.82, 2.24) is 5.32 Å². The molecule has 3 atom stereocenters. The van der Waals surface area contributed by atoms with Gasteiger partial charge in [-0.05, 0) is 25.7 Å². The van der Waals surface area contributed by atoms with Crippen LogP contribution in [0.5, 0.6) is 0 Å². The Kier molecular flexibility index (Phi) is 3.87. The molecule has 2 aliphatic rings. The van der Waals surface area contributed by atoms with Crippen LogP contribution in [0.1, 0.15) is 38.5 Å². The van der Waals surface area contributed by atoms with E-state index in [1.54, 1.807) is 0 Å². The molecule has 1 aliphatic heterocycles. The molecule has 86 valence electrons. The summed E-state index contributed by atoms with van der Waals surface area (Å²) in [6, 6.07) is 0.150. The van der Waals surface area contributed by atoms with Gasteiger partial charge < -0.3 is 10.1 Å². The average Bonchev–Trinajstić information content (AvgIpc) is 2.74. The topological polar surface area (TPSA) is 38.3 Å². The number of nitrogens with one attached hydrogen (secondary N) is 1. The summed E-state index contributed by atoms with van der Waals surface area (Å²) in [5, 5.41) is 3.12. The number of ether oxygens (including phenoxy) is 1. The normalized spacial score (nSPS) is 36.5. The quantitative estimate of drug-likeness (QED) is 0.737. The standard InChI is InChI=1S/C11H18ClNO2/c12-8-4-1-2-5-9(8)13-11(14)10-6-3-7-15-10/h8-10H,1-7H2,(H,13,14). The number of alkyl halides is 1. The van der Waals surface area contributed by atoms with E-state index in [2.05, 4.69) is 5.32 Å². The summed E-state index contributed by atoms with van der Waals surface area (Å²) >= 11 is 6.18. The molecule has 1 heterocycles. The van der Waals surface area contributed by atoms with Crippen molar-refractivity contribution in [2.45, 2.75) is 56.0 Å². The van der Waals surface area contributed by atoms with Crippen molar-refractivity contribution < 1.29 is 9.53 Å². The van der Waals surface area contributed by atoms with Crippen LogP contribution in [0.25, 0.3) is 0 Å². The zero-order valence-electron chi connectivity index (χ0n) is 8.88. The van der Waals surface area contributed by atoms with Gasteiger partial charge in [0.2, 0.25) is 5.91 Å². The fourth-order valence-corrected chi connectivity index (χ4v) is 2.65. The summed E-state index contributed by atoms with van der Waals surface area (Å²) < 4.78 is 5.34. The Balaban J connectivity index is 1.81. The van der Waals surface area contributed by atoms with Gasteiger partial charge >= 0.3 is 0 Å². The monoisotopic (exact) mass is 231 g/mol. The highest BCUT2D eigenvalue weighted by Gasteiger charge is 2.29. The van der Waals surface area contributed by atoms with Crippen LogP contribution in [-0.2, 0) is 9.53 Å². The molecule has 1 saturated heterocycles. The van der Waals surface area contributed by atoms with E-state index in [-0.39, 0.29) is 23.4 Å². The van der Waals surface area contributed by atoms with Crippen molar-refractivity contribution in [2.75, 3.05) is 6.61 Å². The Morgan fingerprint density at radius 2 is 2.00 bits per heavy atom. The highest BCUT2D eigenvalue weighted by atomic mass is 35.5. The first-order valence-electron chi connectivity index (χ1n) is 5.83. The van der Waals surface area contributed by atoms with Gasteiger partial charge in [-0.15, -0.1) is 11.6 Å². The van der Waals surface area contributed by atoms with Crippen molar-refractivity contribution in [2.24, 2.45) is 0 Å². The van der Waals surface area contributed by atoms with E-state index in [9.17, 15) is 4.79 Å². The summed E-state index contributed by atoms with van der Waals surface area (Å²) in [6.45, 7) is 0.715. The minimum absolute atomic E-state index is 0.0325. The maximum atomic E-state index is 11.8. The van der Waals surface area contributed by atoms with Gasteiger partial charge in [-0.25, -0.2) is 0 Å². The Labute approximate surface area is 95.5 Å². The van der Waals surface area contributed by atoms with Crippen molar-refractivity contribution >= 4 is 17.5 Å². The third-order valence-corrected chi connectivity index (χ3v) is 3.75. The molecule has 0 radical (unpaired) electrons. The van der Waals surface area contributed by atoms with Crippen molar-refractivity contribution in [3.8, 4) is 0 Å². The van der Waals surface area contributed by atoms with Crippen LogP contribution in [0.3, 0.4) is 0 Å². The minimum Gasteiger partial charge on any atom is -0.368 e. The third-order valence-electron chi connectivity index (χ3n) is 3.23.